The van der Waals surface area contributed by atoms with Crippen LogP contribution in [-0.2, 0) is 0 Å². The van der Waals surface area contributed by atoms with Crippen LogP contribution in [0.5, 0.6) is 11.8 Å². The van der Waals surface area contributed by atoms with Gasteiger partial charge in [-0.2, -0.15) is 0 Å². The van der Waals surface area contributed by atoms with Crippen LogP contribution in [-0.4, -0.2) is 59.1 Å². The molecule has 2 bridgehead atoms. The molecule has 0 aliphatic carbocycles. The molecular weight excluding hydrogens is 377 g/mol. The largest absolute Gasteiger partial charge is 0.507 e. The number of rotatable bonds is 4. The average molecular weight is 397 g/mol. The monoisotopic (exact) mass is 397 g/mol. The third-order valence-corrected chi connectivity index (χ3v) is 5.67. The van der Waals surface area contributed by atoms with E-state index in [0.29, 0.717) is 23.4 Å². The molecule has 4 heterocycles. The molecule has 2 saturated heterocycles. The second kappa shape index (κ2) is 6.73. The van der Waals surface area contributed by atoms with Gasteiger partial charge in [-0.1, -0.05) is 10.3 Å². The molecule has 29 heavy (non-hydrogen) atoms. The third-order valence-electron chi connectivity index (χ3n) is 5.67. The number of ether oxygens (including phenoxy) is 1. The number of hydrogen-bond acceptors (Lipinski definition) is 8. The van der Waals surface area contributed by atoms with Crippen LogP contribution in [0, 0.1) is 0 Å². The molecule has 2 aliphatic heterocycles. The number of nitrogens with zero attached hydrogens (tertiary/aromatic N) is 6. The highest BCUT2D eigenvalue weighted by molar-refractivity contribution is 5.67. The smallest absolute Gasteiger partial charge is 0.336 e. The van der Waals surface area contributed by atoms with E-state index in [1.165, 1.54) is 10.9 Å². The second-order valence-corrected chi connectivity index (χ2v) is 7.83. The van der Waals surface area contributed by atoms with Crippen molar-refractivity contribution in [3.63, 3.8) is 0 Å². The fourth-order valence-corrected chi connectivity index (χ4v) is 4.19. The molecule has 3 aromatic rings. The molecule has 2 fully saturated rings. The molecule has 0 spiro atoms. The van der Waals surface area contributed by atoms with E-state index in [2.05, 4.69) is 37.7 Å². The van der Waals surface area contributed by atoms with Gasteiger partial charge in [-0.05, 0) is 31.9 Å². The summed E-state index contributed by atoms with van der Waals surface area (Å²) < 4.78 is 21.9. The first-order valence-electron chi connectivity index (χ1n) is 9.49. The Labute approximate surface area is 165 Å². The summed E-state index contributed by atoms with van der Waals surface area (Å²) in [5.41, 5.74) is 1.40. The van der Waals surface area contributed by atoms with Gasteiger partial charge in [-0.3, -0.25) is 0 Å². The molecule has 150 valence electrons. The van der Waals surface area contributed by atoms with Crippen molar-refractivity contribution in [1.29, 1.82) is 0 Å². The lowest BCUT2D eigenvalue weighted by atomic mass is 9.90. The Bertz CT molecular complexity index is 1010. The van der Waals surface area contributed by atoms with Gasteiger partial charge in [-0.15, -0.1) is 10.2 Å². The molecular formula is C19H20FN7O2. The summed E-state index contributed by atoms with van der Waals surface area (Å²) in [6.45, 7) is 2.09. The van der Waals surface area contributed by atoms with E-state index in [9.17, 15) is 9.50 Å². The molecule has 0 amide bonds. The van der Waals surface area contributed by atoms with Gasteiger partial charge in [-0.25, -0.2) is 14.1 Å². The van der Waals surface area contributed by atoms with Crippen LogP contribution in [0.15, 0.2) is 36.8 Å². The van der Waals surface area contributed by atoms with Gasteiger partial charge in [0.15, 0.2) is 6.17 Å². The Morgan fingerprint density at radius 2 is 2.24 bits per heavy atom. The van der Waals surface area contributed by atoms with Crippen LogP contribution in [0.1, 0.15) is 26.2 Å². The highest BCUT2D eigenvalue weighted by Gasteiger charge is 2.49. The molecule has 5 rings (SSSR count). The van der Waals surface area contributed by atoms with Crippen molar-refractivity contribution in [3.8, 4) is 28.7 Å². The van der Waals surface area contributed by atoms with Crippen molar-refractivity contribution in [1.82, 2.24) is 35.5 Å². The number of aromatic nitrogens is 6. The lowest BCUT2D eigenvalue weighted by molar-refractivity contribution is 0.0203. The summed E-state index contributed by atoms with van der Waals surface area (Å²) in [4.78, 5) is 4.17. The maximum absolute atomic E-state index is 14.6. The Kier molecular flexibility index (Phi) is 4.16. The number of fused-ring (bicyclic) bond motifs is 2. The highest BCUT2D eigenvalue weighted by atomic mass is 19.1. The van der Waals surface area contributed by atoms with E-state index in [0.717, 1.165) is 12.8 Å². The van der Waals surface area contributed by atoms with Crippen molar-refractivity contribution in [2.75, 3.05) is 0 Å². The first-order chi connectivity index (χ1) is 14.0. The van der Waals surface area contributed by atoms with E-state index in [4.69, 9.17) is 4.74 Å². The van der Waals surface area contributed by atoms with E-state index >= 15 is 0 Å². The van der Waals surface area contributed by atoms with E-state index < -0.39 is 12.3 Å². The molecule has 9 nitrogen and oxygen atoms in total. The molecule has 2 aromatic heterocycles. The molecule has 2 aliphatic rings. The number of aromatic hydroxyl groups is 1. The predicted octanol–water partition coefficient (Wildman–Crippen LogP) is 1.82. The molecule has 2 N–H and O–H groups in total. The molecule has 1 unspecified atom stereocenters. The van der Waals surface area contributed by atoms with Crippen molar-refractivity contribution in [2.45, 2.75) is 50.0 Å². The van der Waals surface area contributed by atoms with Crippen LogP contribution < -0.4 is 10.1 Å². The number of alkyl halides is 1. The van der Waals surface area contributed by atoms with Gasteiger partial charge in [0.25, 0.3) is 0 Å². The third kappa shape index (κ3) is 3.29. The van der Waals surface area contributed by atoms with Crippen molar-refractivity contribution >= 4 is 0 Å². The fraction of sp³-hybridized carbons (Fsp3) is 0.421. The minimum atomic E-state index is -1.11. The zero-order valence-electron chi connectivity index (χ0n) is 15.7. The molecule has 0 saturated carbocycles. The highest BCUT2D eigenvalue weighted by Crippen LogP contribution is 2.38. The van der Waals surface area contributed by atoms with Crippen molar-refractivity contribution in [3.05, 3.63) is 36.8 Å². The van der Waals surface area contributed by atoms with Gasteiger partial charge in [0.05, 0.1) is 24.3 Å². The second-order valence-electron chi connectivity index (χ2n) is 7.83. The maximum atomic E-state index is 14.6. The minimum Gasteiger partial charge on any atom is -0.507 e. The first-order valence-corrected chi connectivity index (χ1v) is 9.49. The van der Waals surface area contributed by atoms with Crippen molar-refractivity contribution in [2.24, 2.45) is 0 Å². The summed E-state index contributed by atoms with van der Waals surface area (Å²) in [5.74, 6) is 0.00875. The fourth-order valence-electron chi connectivity index (χ4n) is 4.19. The maximum Gasteiger partial charge on any atom is 0.336 e. The summed E-state index contributed by atoms with van der Waals surface area (Å²) >= 11 is 0. The number of halogens is 1. The summed E-state index contributed by atoms with van der Waals surface area (Å²) in [6, 6.07) is 4.86. The number of hydrogen-bond donors (Lipinski definition) is 2. The number of benzene rings is 1. The average Bonchev–Trinajstić information content (AvgIpc) is 3.36. The minimum absolute atomic E-state index is 0.00875. The lowest BCUT2D eigenvalue weighted by Gasteiger charge is -2.38. The standard InChI is InChI=1S/C19H20FN7O2/c1-19-5-4-13(23-19)17(20)16(9-19)29-18-21-10-14(24-25-18)12-3-2-11(8-15(12)28)27-7-6-22-26-27/h2-3,6-8,10,13,16-17,23,28H,4-5,9H2,1H3/t13?,16-,17-,19-/m0/s1. The quantitative estimate of drug-likeness (QED) is 0.686. The van der Waals surface area contributed by atoms with Crippen LogP contribution >= 0.6 is 0 Å². The van der Waals surface area contributed by atoms with Gasteiger partial charge in [0, 0.05) is 29.6 Å². The Morgan fingerprint density at radius 3 is 2.97 bits per heavy atom. The Balaban J connectivity index is 1.33. The summed E-state index contributed by atoms with van der Waals surface area (Å²) in [6.07, 6.45) is 5.26. The van der Waals surface area contributed by atoms with Crippen molar-refractivity contribution < 1.29 is 14.2 Å². The number of nitrogens with one attached hydrogen (secondary N) is 1. The van der Waals surface area contributed by atoms with Gasteiger partial charge in [0.2, 0.25) is 0 Å². The number of phenols is 1. The molecule has 0 radical (unpaired) electrons. The lowest BCUT2D eigenvalue weighted by Crippen LogP contribution is -2.57. The Morgan fingerprint density at radius 1 is 1.34 bits per heavy atom. The van der Waals surface area contributed by atoms with E-state index in [1.54, 1.807) is 30.6 Å². The zero-order valence-corrected chi connectivity index (χ0v) is 15.7. The molecule has 1 aromatic carbocycles. The predicted molar refractivity (Wildman–Crippen MR) is 100 cm³/mol. The summed E-state index contributed by atoms with van der Waals surface area (Å²) in [7, 11) is 0. The van der Waals surface area contributed by atoms with Crippen LogP contribution in [0.3, 0.4) is 0 Å². The van der Waals surface area contributed by atoms with Crippen LogP contribution in [0.2, 0.25) is 0 Å². The SMILES string of the molecule is C[C@@]12CCC(N1)[C@H](F)[C@@H](Oc1ncc(-c3ccc(-n4ccnn4)cc3O)nn1)C2. The van der Waals surface area contributed by atoms with Crippen LogP contribution in [0.25, 0.3) is 16.9 Å². The van der Waals surface area contributed by atoms with Gasteiger partial charge < -0.3 is 15.2 Å². The molecule has 4 atom stereocenters. The topological polar surface area (TPSA) is 111 Å². The van der Waals surface area contributed by atoms with E-state index in [1.807, 2.05) is 0 Å². The Hall–Kier alpha value is -3.14. The van der Waals surface area contributed by atoms with E-state index in [-0.39, 0.29) is 23.3 Å². The summed E-state index contributed by atoms with van der Waals surface area (Å²) in [5, 5.41) is 29.4. The normalized spacial score (nSPS) is 28.4. The van der Waals surface area contributed by atoms with Crippen LogP contribution in [0.4, 0.5) is 4.39 Å². The number of piperidine rings is 1. The van der Waals surface area contributed by atoms with Gasteiger partial charge >= 0.3 is 6.01 Å². The zero-order chi connectivity index (χ0) is 20.0. The van der Waals surface area contributed by atoms with Gasteiger partial charge in [0.1, 0.15) is 17.5 Å². The first kappa shape index (κ1) is 17.9. The molecule has 10 heteroatoms. The number of phenolic OH excluding ortho intramolecular Hbond substituents is 1.